The van der Waals surface area contributed by atoms with Gasteiger partial charge in [0.25, 0.3) is 0 Å². The van der Waals surface area contributed by atoms with Gasteiger partial charge in [-0.2, -0.15) is 0 Å². The highest BCUT2D eigenvalue weighted by Gasteiger charge is 2.42. The number of aliphatic imine (C=N–C) groups is 1. The quantitative estimate of drug-likeness (QED) is 0.581. The van der Waals surface area contributed by atoms with E-state index >= 15 is 0 Å². The summed E-state index contributed by atoms with van der Waals surface area (Å²) in [6.45, 7) is 0. The first-order valence-corrected chi connectivity index (χ1v) is 10.6. The summed E-state index contributed by atoms with van der Waals surface area (Å²) in [6.07, 6.45) is 1.93. The van der Waals surface area contributed by atoms with Crippen LogP contribution in [0.15, 0.2) is 77.3 Å². The van der Waals surface area contributed by atoms with Gasteiger partial charge in [0.15, 0.2) is 5.17 Å². The molecule has 6 rings (SSSR count). The summed E-state index contributed by atoms with van der Waals surface area (Å²) in [4.78, 5) is 19.8. The highest BCUT2D eigenvalue weighted by molar-refractivity contribution is 8.15. The summed E-state index contributed by atoms with van der Waals surface area (Å²) < 4.78 is 0. The lowest BCUT2D eigenvalue weighted by atomic mass is 9.81. The van der Waals surface area contributed by atoms with Crippen LogP contribution >= 0.6 is 11.8 Å². The van der Waals surface area contributed by atoms with E-state index in [1.807, 2.05) is 4.90 Å². The summed E-state index contributed by atoms with van der Waals surface area (Å²) in [7, 11) is 0. The van der Waals surface area contributed by atoms with Crippen molar-refractivity contribution < 1.29 is 4.79 Å². The van der Waals surface area contributed by atoms with Gasteiger partial charge in [0.05, 0.1) is 17.5 Å². The second kappa shape index (κ2) is 6.08. The van der Waals surface area contributed by atoms with E-state index in [0.29, 0.717) is 5.75 Å². The Morgan fingerprint density at radius 2 is 1.75 bits per heavy atom. The van der Waals surface area contributed by atoms with Crippen molar-refractivity contribution in [1.29, 1.82) is 0 Å². The van der Waals surface area contributed by atoms with Crippen LogP contribution in [0.5, 0.6) is 0 Å². The molecule has 0 N–H and O–H groups in total. The minimum Gasteiger partial charge on any atom is -0.279 e. The maximum absolute atomic E-state index is 12.9. The predicted octanol–water partition coefficient (Wildman–Crippen LogP) is 5.18. The molecule has 4 heteroatoms. The fraction of sp³-hybridized carbons (Fsp3) is 0.167. The Labute approximate surface area is 167 Å². The number of benzene rings is 3. The Morgan fingerprint density at radius 1 is 0.929 bits per heavy atom. The van der Waals surface area contributed by atoms with Crippen molar-refractivity contribution in [3.8, 4) is 0 Å². The molecule has 1 unspecified atom stereocenters. The third-order valence-corrected chi connectivity index (χ3v) is 6.89. The van der Waals surface area contributed by atoms with Gasteiger partial charge in [-0.3, -0.25) is 9.69 Å². The highest BCUT2D eigenvalue weighted by atomic mass is 32.2. The summed E-state index contributed by atoms with van der Waals surface area (Å²) in [6, 6.07) is 23.4. The molecule has 0 radical (unpaired) electrons. The van der Waals surface area contributed by atoms with Gasteiger partial charge in [0, 0.05) is 5.56 Å². The Kier molecular flexibility index (Phi) is 3.50. The minimum absolute atomic E-state index is 0.0653. The average Bonchev–Trinajstić information content (AvgIpc) is 3.12. The number of amides is 1. The van der Waals surface area contributed by atoms with E-state index in [0.717, 1.165) is 23.7 Å². The van der Waals surface area contributed by atoms with Gasteiger partial charge in [-0.15, -0.1) is 0 Å². The number of aryl methyl sites for hydroxylation is 1. The Bertz CT molecular complexity index is 1200. The summed E-state index contributed by atoms with van der Waals surface area (Å²) in [5.74, 6) is 0.634. The van der Waals surface area contributed by atoms with Crippen molar-refractivity contribution in [3.05, 3.63) is 89.0 Å². The van der Waals surface area contributed by atoms with Crippen molar-refractivity contribution in [2.24, 2.45) is 4.99 Å². The lowest BCUT2D eigenvalue weighted by molar-refractivity contribution is -0.125. The molecule has 3 nitrogen and oxygen atoms in total. The minimum atomic E-state index is -0.0653. The van der Waals surface area contributed by atoms with E-state index in [-0.39, 0.29) is 11.9 Å². The van der Waals surface area contributed by atoms with Crippen LogP contribution < -0.4 is 0 Å². The van der Waals surface area contributed by atoms with Gasteiger partial charge in [0.1, 0.15) is 0 Å². The molecule has 3 aromatic rings. The maximum atomic E-state index is 12.9. The van der Waals surface area contributed by atoms with Gasteiger partial charge in [0.2, 0.25) is 5.91 Å². The van der Waals surface area contributed by atoms with Crippen molar-refractivity contribution in [2.75, 3.05) is 5.75 Å². The number of thioether (sulfide) groups is 1. The predicted molar refractivity (Wildman–Crippen MR) is 115 cm³/mol. The molecular weight excluding hydrogens is 364 g/mol. The SMILES string of the molecule is O=C1CSC2=NC3=C(CCc4ccccc43)C(c3cccc4ccccc34)N12. The third-order valence-electron chi connectivity index (χ3n) is 5.95. The summed E-state index contributed by atoms with van der Waals surface area (Å²) in [5, 5.41) is 3.27. The van der Waals surface area contributed by atoms with E-state index < -0.39 is 0 Å². The molecule has 3 aromatic carbocycles. The molecule has 0 saturated carbocycles. The van der Waals surface area contributed by atoms with E-state index in [9.17, 15) is 4.79 Å². The number of fused-ring (bicyclic) bond motifs is 4. The number of carbonyl (C=O) groups excluding carboxylic acids is 1. The average molecular weight is 382 g/mol. The number of carbonyl (C=O) groups is 1. The first kappa shape index (κ1) is 16.1. The number of hydrogen-bond acceptors (Lipinski definition) is 3. The van der Waals surface area contributed by atoms with Crippen LogP contribution in [0.3, 0.4) is 0 Å². The van der Waals surface area contributed by atoms with Crippen LogP contribution in [0.2, 0.25) is 0 Å². The summed E-state index contributed by atoms with van der Waals surface area (Å²) >= 11 is 1.56. The second-order valence-corrected chi connectivity index (χ2v) is 8.39. The standard InChI is InChI=1S/C24H18N2OS/c27-21-14-28-24-25-22-18-10-4-2-7-16(18)12-13-20(22)23(26(21)24)19-11-5-8-15-6-1-3-9-17(15)19/h1-11,23H,12-14H2. The molecule has 136 valence electrons. The molecule has 1 fully saturated rings. The molecule has 3 aliphatic rings. The van der Waals surface area contributed by atoms with Crippen LogP contribution in [0.1, 0.15) is 29.2 Å². The van der Waals surface area contributed by atoms with Crippen molar-refractivity contribution in [1.82, 2.24) is 4.90 Å². The monoisotopic (exact) mass is 382 g/mol. The molecule has 28 heavy (non-hydrogen) atoms. The molecule has 2 aliphatic heterocycles. The Hall–Kier alpha value is -2.85. The topological polar surface area (TPSA) is 32.7 Å². The molecule has 1 amide bonds. The zero-order valence-corrected chi connectivity index (χ0v) is 16.1. The van der Waals surface area contributed by atoms with Gasteiger partial charge in [-0.25, -0.2) is 4.99 Å². The van der Waals surface area contributed by atoms with Gasteiger partial charge in [-0.1, -0.05) is 78.5 Å². The maximum Gasteiger partial charge on any atom is 0.239 e. The fourth-order valence-electron chi connectivity index (χ4n) is 4.71. The molecule has 1 atom stereocenters. The van der Waals surface area contributed by atoms with E-state index in [4.69, 9.17) is 4.99 Å². The molecule has 1 aliphatic carbocycles. The number of rotatable bonds is 1. The number of amidine groups is 1. The van der Waals surface area contributed by atoms with E-state index in [2.05, 4.69) is 66.7 Å². The molecule has 2 heterocycles. The largest absolute Gasteiger partial charge is 0.279 e. The lowest BCUT2D eigenvalue weighted by Gasteiger charge is -2.37. The third kappa shape index (κ3) is 2.24. The van der Waals surface area contributed by atoms with Crippen molar-refractivity contribution >= 4 is 39.3 Å². The van der Waals surface area contributed by atoms with Gasteiger partial charge < -0.3 is 0 Å². The normalized spacial score (nSPS) is 20.7. The Balaban J connectivity index is 1.64. The zero-order chi connectivity index (χ0) is 18.7. The smallest absolute Gasteiger partial charge is 0.239 e. The van der Waals surface area contributed by atoms with E-state index in [1.165, 1.54) is 33.0 Å². The van der Waals surface area contributed by atoms with Crippen LogP contribution in [0, 0.1) is 0 Å². The van der Waals surface area contributed by atoms with Crippen LogP contribution in [-0.2, 0) is 11.2 Å². The van der Waals surface area contributed by atoms with Crippen molar-refractivity contribution in [3.63, 3.8) is 0 Å². The molecular formula is C24H18N2OS. The van der Waals surface area contributed by atoms with Crippen LogP contribution in [-0.4, -0.2) is 21.7 Å². The molecule has 1 saturated heterocycles. The second-order valence-electron chi connectivity index (χ2n) is 7.45. The van der Waals surface area contributed by atoms with Crippen molar-refractivity contribution in [2.45, 2.75) is 18.9 Å². The van der Waals surface area contributed by atoms with Gasteiger partial charge >= 0.3 is 0 Å². The fourth-order valence-corrected chi connectivity index (χ4v) is 5.60. The molecule has 0 spiro atoms. The first-order chi connectivity index (χ1) is 13.8. The molecule has 0 bridgehead atoms. The number of hydrogen-bond donors (Lipinski definition) is 0. The van der Waals surface area contributed by atoms with Gasteiger partial charge in [-0.05, 0) is 40.3 Å². The van der Waals surface area contributed by atoms with Crippen LogP contribution in [0.25, 0.3) is 16.5 Å². The first-order valence-electron chi connectivity index (χ1n) is 9.64. The van der Waals surface area contributed by atoms with E-state index in [1.54, 1.807) is 11.8 Å². The highest BCUT2D eigenvalue weighted by Crippen LogP contribution is 2.48. The zero-order valence-electron chi connectivity index (χ0n) is 15.3. The Morgan fingerprint density at radius 3 is 2.71 bits per heavy atom. The lowest BCUT2D eigenvalue weighted by Crippen LogP contribution is -2.38. The summed E-state index contributed by atoms with van der Waals surface area (Å²) in [5.41, 5.74) is 6.13. The molecule has 0 aromatic heterocycles. The van der Waals surface area contributed by atoms with Crippen LogP contribution in [0.4, 0.5) is 0 Å². The number of nitrogens with zero attached hydrogens (tertiary/aromatic N) is 2.